The molecule has 0 spiro atoms. The van der Waals surface area contributed by atoms with Crippen molar-refractivity contribution in [2.24, 2.45) is 0 Å². The zero-order valence-corrected chi connectivity index (χ0v) is 12.9. The average Bonchev–Trinajstić information content (AvgIpc) is 2.54. The van der Waals surface area contributed by atoms with E-state index in [1.54, 1.807) is 6.07 Å². The largest absolute Gasteiger partial charge is 0.492 e. The zero-order chi connectivity index (χ0) is 16.7. The van der Waals surface area contributed by atoms with E-state index in [1.807, 2.05) is 18.2 Å². The molecule has 0 aliphatic carbocycles. The molecule has 0 aromatic heterocycles. The van der Waals surface area contributed by atoms with Crippen LogP contribution in [0.25, 0.3) is 0 Å². The molecule has 0 saturated heterocycles. The summed E-state index contributed by atoms with van der Waals surface area (Å²) in [5.41, 5.74) is 0.808. The molecule has 122 valence electrons. The molecule has 7 heteroatoms. The van der Waals surface area contributed by atoms with Crippen LogP contribution in [0.2, 0.25) is 5.02 Å². The van der Waals surface area contributed by atoms with Gasteiger partial charge in [0.2, 0.25) is 0 Å². The lowest BCUT2D eigenvalue weighted by atomic mass is 10.2. The summed E-state index contributed by atoms with van der Waals surface area (Å²) in [5.74, 6) is -1.72. The van der Waals surface area contributed by atoms with Crippen molar-refractivity contribution in [3.8, 4) is 5.75 Å². The summed E-state index contributed by atoms with van der Waals surface area (Å²) in [5, 5.41) is 5.82. The molecule has 0 saturated carbocycles. The van der Waals surface area contributed by atoms with Gasteiger partial charge < -0.3 is 15.4 Å². The number of carbonyl (C=O) groups excluding carboxylic acids is 1. The highest BCUT2D eigenvalue weighted by atomic mass is 35.5. The number of rotatable bonds is 6. The van der Waals surface area contributed by atoms with Crippen LogP contribution in [0.15, 0.2) is 42.5 Å². The Labute approximate surface area is 137 Å². The molecule has 0 bridgehead atoms. The van der Waals surface area contributed by atoms with Crippen LogP contribution < -0.4 is 15.4 Å². The molecule has 2 N–H and O–H groups in total. The van der Waals surface area contributed by atoms with Crippen LogP contribution in [0.4, 0.5) is 13.6 Å². The Morgan fingerprint density at radius 3 is 2.61 bits per heavy atom. The van der Waals surface area contributed by atoms with Crippen molar-refractivity contribution in [1.82, 2.24) is 10.6 Å². The van der Waals surface area contributed by atoms with E-state index in [1.165, 1.54) is 6.07 Å². The maximum atomic E-state index is 13.0. The molecule has 0 fully saturated rings. The second-order valence-corrected chi connectivity index (χ2v) is 5.03. The Morgan fingerprint density at radius 1 is 1.09 bits per heavy atom. The van der Waals surface area contributed by atoms with Gasteiger partial charge in [-0.2, -0.15) is 0 Å². The van der Waals surface area contributed by atoms with E-state index in [4.69, 9.17) is 16.3 Å². The Morgan fingerprint density at radius 2 is 1.87 bits per heavy atom. The number of benzene rings is 2. The van der Waals surface area contributed by atoms with Crippen LogP contribution in [0.5, 0.6) is 5.75 Å². The molecule has 0 radical (unpaired) electrons. The number of hydrogen-bond acceptors (Lipinski definition) is 2. The molecule has 0 aliphatic rings. The van der Waals surface area contributed by atoms with Crippen LogP contribution in [0.3, 0.4) is 0 Å². The van der Waals surface area contributed by atoms with Gasteiger partial charge in [-0.25, -0.2) is 13.6 Å². The lowest BCUT2D eigenvalue weighted by Gasteiger charge is -2.10. The zero-order valence-electron chi connectivity index (χ0n) is 12.1. The number of amides is 2. The summed E-state index contributed by atoms with van der Waals surface area (Å²) in [4.78, 5) is 11.6. The van der Waals surface area contributed by atoms with E-state index in [9.17, 15) is 13.6 Å². The van der Waals surface area contributed by atoms with Crippen molar-refractivity contribution >= 4 is 17.6 Å². The van der Waals surface area contributed by atoms with Gasteiger partial charge in [-0.1, -0.05) is 29.8 Å². The third-order valence-corrected chi connectivity index (χ3v) is 3.31. The third-order valence-electron chi connectivity index (χ3n) is 2.94. The minimum absolute atomic E-state index is 0.130. The molecule has 2 aromatic carbocycles. The van der Waals surface area contributed by atoms with Gasteiger partial charge in [-0.05, 0) is 23.8 Å². The number of carbonyl (C=O) groups is 1. The van der Waals surface area contributed by atoms with Gasteiger partial charge in [0, 0.05) is 17.6 Å². The maximum Gasteiger partial charge on any atom is 0.315 e. The van der Waals surface area contributed by atoms with Gasteiger partial charge in [0.05, 0.1) is 6.54 Å². The molecule has 23 heavy (non-hydrogen) atoms. The highest BCUT2D eigenvalue weighted by Crippen LogP contribution is 2.15. The molecule has 0 unspecified atom stereocenters. The lowest BCUT2D eigenvalue weighted by Crippen LogP contribution is -2.37. The third kappa shape index (κ3) is 5.41. The maximum absolute atomic E-state index is 13.0. The number of hydrogen-bond donors (Lipinski definition) is 2. The Balaban J connectivity index is 1.67. The molecular weight excluding hydrogens is 326 g/mol. The molecular formula is C16H15ClF2N2O2. The van der Waals surface area contributed by atoms with Crippen LogP contribution in [-0.4, -0.2) is 19.2 Å². The summed E-state index contributed by atoms with van der Waals surface area (Å²) in [6.45, 7) is 0.646. The SMILES string of the molecule is O=C(NCCOc1ccc(F)c(F)c1)NCc1ccccc1Cl. The Hall–Kier alpha value is -2.34. The molecule has 0 heterocycles. The van der Waals surface area contributed by atoms with Crippen molar-refractivity contribution < 1.29 is 18.3 Å². The number of ether oxygens (including phenoxy) is 1. The fraction of sp³-hybridized carbons (Fsp3) is 0.188. The number of urea groups is 1. The van der Waals surface area contributed by atoms with Gasteiger partial charge in [0.15, 0.2) is 11.6 Å². The first-order chi connectivity index (χ1) is 11.1. The Kier molecular flexibility index (Phi) is 6.17. The first-order valence-corrected chi connectivity index (χ1v) is 7.27. The summed E-state index contributed by atoms with van der Waals surface area (Å²) >= 11 is 5.98. The summed E-state index contributed by atoms with van der Waals surface area (Å²) < 4.78 is 30.9. The second kappa shape index (κ2) is 8.33. The predicted octanol–water partition coefficient (Wildman–Crippen LogP) is 3.50. The van der Waals surface area contributed by atoms with Crippen LogP contribution in [0.1, 0.15) is 5.56 Å². The summed E-state index contributed by atoms with van der Waals surface area (Å²) in [6, 6.07) is 10.1. The fourth-order valence-electron chi connectivity index (χ4n) is 1.78. The molecule has 2 rings (SSSR count). The van der Waals surface area contributed by atoms with E-state index < -0.39 is 11.6 Å². The molecule has 0 atom stereocenters. The van der Waals surface area contributed by atoms with Crippen molar-refractivity contribution in [1.29, 1.82) is 0 Å². The minimum atomic E-state index is -0.979. The fourth-order valence-corrected chi connectivity index (χ4v) is 1.98. The smallest absolute Gasteiger partial charge is 0.315 e. The van der Waals surface area contributed by atoms with E-state index >= 15 is 0 Å². The van der Waals surface area contributed by atoms with Crippen molar-refractivity contribution in [2.75, 3.05) is 13.2 Å². The standard InChI is InChI=1S/C16H15ClF2N2O2/c17-13-4-2-1-3-11(13)10-21-16(22)20-7-8-23-12-5-6-14(18)15(19)9-12/h1-6,9H,7-8,10H2,(H2,20,21,22). The highest BCUT2D eigenvalue weighted by Gasteiger charge is 2.05. The quantitative estimate of drug-likeness (QED) is 0.791. The van der Waals surface area contributed by atoms with Crippen LogP contribution in [0, 0.1) is 11.6 Å². The van der Waals surface area contributed by atoms with Gasteiger partial charge in [0.25, 0.3) is 0 Å². The van der Waals surface area contributed by atoms with E-state index in [0.717, 1.165) is 17.7 Å². The van der Waals surface area contributed by atoms with Crippen LogP contribution in [-0.2, 0) is 6.54 Å². The minimum Gasteiger partial charge on any atom is -0.492 e. The van der Waals surface area contributed by atoms with Gasteiger partial charge in [0.1, 0.15) is 12.4 Å². The highest BCUT2D eigenvalue weighted by molar-refractivity contribution is 6.31. The average molecular weight is 341 g/mol. The number of halogens is 3. The van der Waals surface area contributed by atoms with Gasteiger partial charge in [-0.3, -0.25) is 0 Å². The lowest BCUT2D eigenvalue weighted by molar-refractivity contribution is 0.236. The first kappa shape index (κ1) is 17.0. The second-order valence-electron chi connectivity index (χ2n) is 4.63. The van der Waals surface area contributed by atoms with E-state index in [0.29, 0.717) is 11.6 Å². The van der Waals surface area contributed by atoms with Crippen molar-refractivity contribution in [3.05, 3.63) is 64.7 Å². The Bertz CT molecular complexity index is 683. The van der Waals surface area contributed by atoms with E-state index in [-0.39, 0.29) is 24.9 Å². The topological polar surface area (TPSA) is 50.4 Å². The van der Waals surface area contributed by atoms with Gasteiger partial charge in [-0.15, -0.1) is 0 Å². The predicted molar refractivity (Wildman–Crippen MR) is 83.5 cm³/mol. The van der Waals surface area contributed by atoms with Gasteiger partial charge >= 0.3 is 6.03 Å². The monoisotopic (exact) mass is 340 g/mol. The van der Waals surface area contributed by atoms with E-state index in [2.05, 4.69) is 10.6 Å². The number of nitrogens with one attached hydrogen (secondary N) is 2. The van der Waals surface area contributed by atoms with Crippen LogP contribution >= 0.6 is 11.6 Å². The molecule has 2 aromatic rings. The summed E-state index contributed by atoms with van der Waals surface area (Å²) in [6.07, 6.45) is 0. The molecule has 2 amide bonds. The van der Waals surface area contributed by atoms with Crippen molar-refractivity contribution in [3.63, 3.8) is 0 Å². The van der Waals surface area contributed by atoms with Crippen molar-refractivity contribution in [2.45, 2.75) is 6.54 Å². The molecule has 4 nitrogen and oxygen atoms in total. The first-order valence-electron chi connectivity index (χ1n) is 6.89. The molecule has 0 aliphatic heterocycles. The normalized spacial score (nSPS) is 10.2. The summed E-state index contributed by atoms with van der Waals surface area (Å²) in [7, 11) is 0.